The fourth-order valence-electron chi connectivity index (χ4n) is 1.71. The van der Waals surface area contributed by atoms with Gasteiger partial charge < -0.3 is 5.73 Å². The maximum absolute atomic E-state index is 12.1. The summed E-state index contributed by atoms with van der Waals surface area (Å²) in [5.74, 6) is 0. The van der Waals surface area contributed by atoms with E-state index >= 15 is 0 Å². The molecular weight excluding hydrogens is 252 g/mol. The van der Waals surface area contributed by atoms with Gasteiger partial charge in [-0.05, 0) is 13.3 Å². The summed E-state index contributed by atoms with van der Waals surface area (Å²) in [5, 5.41) is 6.34. The lowest BCUT2D eigenvalue weighted by Crippen LogP contribution is -2.32. The average molecular weight is 267 g/mol. The van der Waals surface area contributed by atoms with Crippen LogP contribution in [0, 0.1) is 6.92 Å². The van der Waals surface area contributed by atoms with Gasteiger partial charge in [0.1, 0.15) is 4.90 Å². The van der Waals surface area contributed by atoms with Gasteiger partial charge in [0, 0.05) is 19.1 Å². The molecule has 1 aliphatic rings. The molecule has 1 fully saturated rings. The molecule has 0 bridgehead atoms. The molecular formula is C8H15ClN4O2S. The van der Waals surface area contributed by atoms with E-state index in [1.807, 2.05) is 0 Å². The molecule has 3 N–H and O–H groups in total. The van der Waals surface area contributed by atoms with Crippen molar-refractivity contribution >= 4 is 22.4 Å². The Hall–Kier alpha value is -0.630. The molecule has 1 atom stereocenters. The molecule has 0 aliphatic carbocycles. The minimum Gasteiger partial charge on any atom is -0.326 e. The molecule has 0 aromatic carbocycles. The molecule has 16 heavy (non-hydrogen) atoms. The number of hydrogen-bond acceptors (Lipinski definition) is 4. The first-order valence-electron chi connectivity index (χ1n) is 4.77. The number of H-pyrrole nitrogens is 1. The van der Waals surface area contributed by atoms with Crippen molar-refractivity contribution in [1.82, 2.24) is 14.5 Å². The summed E-state index contributed by atoms with van der Waals surface area (Å²) in [6.07, 6.45) is 2.06. The number of aromatic nitrogens is 2. The largest absolute Gasteiger partial charge is 0.326 e. The molecule has 1 aromatic heterocycles. The molecule has 1 aromatic rings. The number of sulfonamides is 1. The van der Waals surface area contributed by atoms with Gasteiger partial charge in [-0.3, -0.25) is 5.10 Å². The summed E-state index contributed by atoms with van der Waals surface area (Å²) in [7, 11) is -3.40. The van der Waals surface area contributed by atoms with Crippen LogP contribution in [0.2, 0.25) is 0 Å². The molecule has 1 saturated heterocycles. The Morgan fingerprint density at radius 2 is 2.31 bits per heavy atom. The van der Waals surface area contributed by atoms with Crippen molar-refractivity contribution in [2.24, 2.45) is 5.73 Å². The maximum atomic E-state index is 12.1. The van der Waals surface area contributed by atoms with Crippen LogP contribution in [0.4, 0.5) is 0 Å². The van der Waals surface area contributed by atoms with Gasteiger partial charge in [-0.2, -0.15) is 9.40 Å². The molecule has 0 saturated carbocycles. The Morgan fingerprint density at radius 3 is 2.75 bits per heavy atom. The van der Waals surface area contributed by atoms with Gasteiger partial charge in [0.25, 0.3) is 0 Å². The number of hydrogen-bond donors (Lipinski definition) is 2. The number of rotatable bonds is 2. The second-order valence-electron chi connectivity index (χ2n) is 3.77. The zero-order valence-electron chi connectivity index (χ0n) is 8.88. The third-order valence-corrected chi connectivity index (χ3v) is 4.57. The number of aromatic amines is 1. The van der Waals surface area contributed by atoms with Crippen LogP contribution in [0.5, 0.6) is 0 Å². The first-order chi connectivity index (χ1) is 7.01. The lowest BCUT2D eigenvalue weighted by Gasteiger charge is -2.14. The zero-order valence-corrected chi connectivity index (χ0v) is 10.5. The highest BCUT2D eigenvalue weighted by Crippen LogP contribution is 2.21. The van der Waals surface area contributed by atoms with Gasteiger partial charge in [0.15, 0.2) is 0 Å². The van der Waals surface area contributed by atoms with Crippen LogP contribution in [0.1, 0.15) is 12.1 Å². The second-order valence-corrected chi connectivity index (χ2v) is 5.68. The molecule has 2 heterocycles. The van der Waals surface area contributed by atoms with Gasteiger partial charge in [0.05, 0.1) is 11.9 Å². The minimum atomic E-state index is -3.40. The number of aryl methyl sites for hydroxylation is 1. The van der Waals surface area contributed by atoms with E-state index in [0.29, 0.717) is 18.8 Å². The van der Waals surface area contributed by atoms with Crippen LogP contribution in [0.15, 0.2) is 11.1 Å². The quantitative estimate of drug-likeness (QED) is 0.779. The lowest BCUT2D eigenvalue weighted by molar-refractivity contribution is 0.472. The first kappa shape index (κ1) is 13.4. The van der Waals surface area contributed by atoms with Gasteiger partial charge in [-0.15, -0.1) is 12.4 Å². The van der Waals surface area contributed by atoms with Crippen molar-refractivity contribution < 1.29 is 8.42 Å². The number of nitrogens with zero attached hydrogens (tertiary/aromatic N) is 2. The Bertz CT molecular complexity index is 458. The number of nitrogens with two attached hydrogens (primary N) is 1. The van der Waals surface area contributed by atoms with Crippen LogP contribution < -0.4 is 5.73 Å². The fraction of sp³-hybridized carbons (Fsp3) is 0.625. The first-order valence-corrected chi connectivity index (χ1v) is 6.21. The Morgan fingerprint density at radius 1 is 1.62 bits per heavy atom. The molecule has 1 aliphatic heterocycles. The van der Waals surface area contributed by atoms with E-state index in [0.717, 1.165) is 6.42 Å². The zero-order chi connectivity index (χ0) is 11.1. The highest BCUT2D eigenvalue weighted by atomic mass is 35.5. The summed E-state index contributed by atoms with van der Waals surface area (Å²) < 4.78 is 25.6. The molecule has 8 heteroatoms. The van der Waals surface area contributed by atoms with Crippen LogP contribution in [-0.2, 0) is 10.0 Å². The van der Waals surface area contributed by atoms with E-state index < -0.39 is 10.0 Å². The predicted octanol–water partition coefficient (Wildman–Crippen LogP) is -0.138. The Labute approximate surface area is 101 Å². The van der Waals surface area contributed by atoms with E-state index in [4.69, 9.17) is 5.73 Å². The van der Waals surface area contributed by atoms with Crippen molar-refractivity contribution in [2.75, 3.05) is 13.1 Å². The van der Waals surface area contributed by atoms with Gasteiger partial charge in [-0.1, -0.05) is 0 Å². The van der Waals surface area contributed by atoms with Crippen LogP contribution in [0.3, 0.4) is 0 Å². The van der Waals surface area contributed by atoms with Gasteiger partial charge >= 0.3 is 0 Å². The maximum Gasteiger partial charge on any atom is 0.246 e. The predicted molar refractivity (Wildman–Crippen MR) is 61.9 cm³/mol. The Balaban J connectivity index is 0.00000128. The number of nitrogens with one attached hydrogen (secondary N) is 1. The molecule has 0 unspecified atom stereocenters. The number of halogens is 1. The van der Waals surface area contributed by atoms with Gasteiger partial charge in [-0.25, -0.2) is 8.42 Å². The van der Waals surface area contributed by atoms with Crippen molar-refractivity contribution in [1.29, 1.82) is 0 Å². The standard InChI is InChI=1S/C8H14N4O2S.ClH/c1-6-8(4-10-11-6)15(13,14)12-3-2-7(9)5-12;/h4,7H,2-3,5,9H2,1H3,(H,10,11);1H/t7-;/m1./s1. The van der Waals surface area contributed by atoms with Crippen molar-refractivity contribution in [2.45, 2.75) is 24.3 Å². The summed E-state index contributed by atoms with van der Waals surface area (Å²) in [6, 6.07) is -0.0491. The SMILES string of the molecule is Cc1[nH]ncc1S(=O)(=O)N1CC[C@@H](N)C1.Cl. The van der Waals surface area contributed by atoms with Crippen molar-refractivity contribution in [3.8, 4) is 0 Å². The molecule has 0 radical (unpaired) electrons. The van der Waals surface area contributed by atoms with E-state index in [9.17, 15) is 8.42 Å². The molecule has 92 valence electrons. The summed E-state index contributed by atoms with van der Waals surface area (Å²) in [4.78, 5) is 0.247. The van der Waals surface area contributed by atoms with Crippen LogP contribution in [-0.4, -0.2) is 42.1 Å². The van der Waals surface area contributed by atoms with E-state index in [1.54, 1.807) is 6.92 Å². The highest BCUT2D eigenvalue weighted by Gasteiger charge is 2.32. The summed E-state index contributed by atoms with van der Waals surface area (Å²) >= 11 is 0. The fourth-order valence-corrected chi connectivity index (χ4v) is 3.34. The van der Waals surface area contributed by atoms with E-state index in [2.05, 4.69) is 10.2 Å². The second kappa shape index (κ2) is 4.70. The van der Waals surface area contributed by atoms with Gasteiger partial charge in [0.2, 0.25) is 10.0 Å². The van der Waals surface area contributed by atoms with Crippen LogP contribution in [0.25, 0.3) is 0 Å². The molecule has 6 nitrogen and oxygen atoms in total. The monoisotopic (exact) mass is 266 g/mol. The summed E-state index contributed by atoms with van der Waals surface area (Å²) in [5.41, 5.74) is 6.25. The van der Waals surface area contributed by atoms with Crippen molar-refractivity contribution in [3.63, 3.8) is 0 Å². The third-order valence-electron chi connectivity index (χ3n) is 2.59. The topological polar surface area (TPSA) is 92.1 Å². The Kier molecular flexibility index (Phi) is 3.95. The third kappa shape index (κ3) is 2.22. The van der Waals surface area contributed by atoms with Crippen LogP contribution >= 0.6 is 12.4 Å². The molecule has 2 rings (SSSR count). The highest BCUT2D eigenvalue weighted by molar-refractivity contribution is 7.89. The minimum absolute atomic E-state index is 0. The molecule has 0 spiro atoms. The summed E-state index contributed by atoms with van der Waals surface area (Å²) in [6.45, 7) is 2.58. The lowest BCUT2D eigenvalue weighted by atomic mass is 10.3. The van der Waals surface area contributed by atoms with E-state index in [-0.39, 0.29) is 23.3 Å². The van der Waals surface area contributed by atoms with E-state index in [1.165, 1.54) is 10.5 Å². The normalized spacial score (nSPS) is 22.0. The van der Waals surface area contributed by atoms with Crippen molar-refractivity contribution in [3.05, 3.63) is 11.9 Å². The average Bonchev–Trinajstić information content (AvgIpc) is 2.74. The smallest absolute Gasteiger partial charge is 0.246 e. The molecule has 0 amide bonds.